The van der Waals surface area contributed by atoms with Crippen molar-refractivity contribution >= 4 is 11.7 Å². The molecule has 0 amide bonds. The van der Waals surface area contributed by atoms with Crippen LogP contribution in [0.5, 0.6) is 0 Å². The number of rotatable bonds is 3. The van der Waals surface area contributed by atoms with Crippen molar-refractivity contribution in [2.75, 3.05) is 12.4 Å². The van der Waals surface area contributed by atoms with Crippen LogP contribution in [-0.4, -0.2) is 18.1 Å². The Morgan fingerprint density at radius 3 is 2.85 bits per heavy atom. The fourth-order valence-corrected chi connectivity index (χ4v) is 1.12. The molecule has 0 aliphatic carbocycles. The standard InChI is InChI=1S/C9H10FNO2/c1-11-8-4-2-3-7(10)6(8)5-9(12)13/h2-4,11H,5H2,1H3,(H,12,13). The van der Waals surface area contributed by atoms with E-state index in [-0.39, 0.29) is 12.0 Å². The molecular weight excluding hydrogens is 173 g/mol. The Morgan fingerprint density at radius 1 is 1.62 bits per heavy atom. The van der Waals surface area contributed by atoms with Crippen LogP contribution in [0.3, 0.4) is 0 Å². The van der Waals surface area contributed by atoms with E-state index in [0.717, 1.165) is 0 Å². The van der Waals surface area contributed by atoms with Gasteiger partial charge in [0.2, 0.25) is 0 Å². The van der Waals surface area contributed by atoms with Gasteiger partial charge < -0.3 is 10.4 Å². The van der Waals surface area contributed by atoms with Gasteiger partial charge in [0.25, 0.3) is 0 Å². The van der Waals surface area contributed by atoms with E-state index in [0.29, 0.717) is 5.69 Å². The summed E-state index contributed by atoms with van der Waals surface area (Å²) in [5, 5.41) is 11.3. The molecule has 0 unspecified atom stereocenters. The third-order valence-corrected chi connectivity index (χ3v) is 1.72. The minimum atomic E-state index is -1.04. The molecule has 1 aromatic carbocycles. The molecule has 4 heteroatoms. The van der Waals surface area contributed by atoms with Gasteiger partial charge in [-0.2, -0.15) is 0 Å². The van der Waals surface area contributed by atoms with Gasteiger partial charge in [0.1, 0.15) is 5.82 Å². The van der Waals surface area contributed by atoms with Crippen LogP contribution in [0.2, 0.25) is 0 Å². The van der Waals surface area contributed by atoms with Gasteiger partial charge in [0.05, 0.1) is 6.42 Å². The monoisotopic (exact) mass is 183 g/mol. The number of hydrogen-bond donors (Lipinski definition) is 2. The zero-order valence-corrected chi connectivity index (χ0v) is 7.17. The highest BCUT2D eigenvalue weighted by Gasteiger charge is 2.10. The Balaban J connectivity index is 3.07. The summed E-state index contributed by atoms with van der Waals surface area (Å²) in [6.07, 6.45) is -0.303. The number of nitrogens with one attached hydrogen (secondary N) is 1. The van der Waals surface area contributed by atoms with Crippen molar-refractivity contribution in [1.29, 1.82) is 0 Å². The Morgan fingerprint density at radius 2 is 2.31 bits per heavy atom. The number of hydrogen-bond acceptors (Lipinski definition) is 2. The fourth-order valence-electron chi connectivity index (χ4n) is 1.12. The van der Waals surface area contributed by atoms with Crippen LogP contribution in [0.25, 0.3) is 0 Å². The maximum absolute atomic E-state index is 13.1. The molecule has 0 heterocycles. The summed E-state index contributed by atoms with van der Waals surface area (Å²) >= 11 is 0. The maximum atomic E-state index is 13.1. The van der Waals surface area contributed by atoms with Crippen molar-refractivity contribution in [3.8, 4) is 0 Å². The number of anilines is 1. The van der Waals surface area contributed by atoms with Crippen LogP contribution in [0, 0.1) is 5.82 Å². The van der Waals surface area contributed by atoms with Gasteiger partial charge in [-0.15, -0.1) is 0 Å². The Bertz CT molecular complexity index is 325. The lowest BCUT2D eigenvalue weighted by Crippen LogP contribution is -2.06. The zero-order chi connectivity index (χ0) is 9.84. The first-order valence-corrected chi connectivity index (χ1v) is 3.82. The van der Waals surface area contributed by atoms with Gasteiger partial charge in [0, 0.05) is 18.3 Å². The Hall–Kier alpha value is -1.58. The molecule has 70 valence electrons. The number of carboxylic acids is 1. The summed E-state index contributed by atoms with van der Waals surface area (Å²) in [5.41, 5.74) is 0.708. The predicted molar refractivity (Wildman–Crippen MR) is 47.3 cm³/mol. The molecular formula is C9H10FNO2. The normalized spacial score (nSPS) is 9.69. The van der Waals surface area contributed by atoms with Gasteiger partial charge in [-0.25, -0.2) is 4.39 Å². The molecule has 2 N–H and O–H groups in total. The molecule has 0 aromatic heterocycles. The summed E-state index contributed by atoms with van der Waals surface area (Å²) < 4.78 is 13.1. The van der Waals surface area contributed by atoms with Crippen LogP contribution in [-0.2, 0) is 11.2 Å². The average Bonchev–Trinajstić information content (AvgIpc) is 2.08. The van der Waals surface area contributed by atoms with Crippen molar-refractivity contribution in [3.63, 3.8) is 0 Å². The number of aliphatic carboxylic acids is 1. The summed E-state index contributed by atoms with van der Waals surface area (Å²) in [7, 11) is 1.63. The van der Waals surface area contributed by atoms with E-state index in [4.69, 9.17) is 5.11 Å². The molecule has 0 saturated carbocycles. The van der Waals surface area contributed by atoms with E-state index >= 15 is 0 Å². The van der Waals surface area contributed by atoms with Gasteiger partial charge >= 0.3 is 5.97 Å². The van der Waals surface area contributed by atoms with E-state index in [1.165, 1.54) is 12.1 Å². The molecule has 0 radical (unpaired) electrons. The first-order chi connectivity index (χ1) is 6.15. The van der Waals surface area contributed by atoms with Crippen LogP contribution in [0.1, 0.15) is 5.56 Å². The highest BCUT2D eigenvalue weighted by atomic mass is 19.1. The number of carboxylic acid groups (broad SMARTS) is 1. The molecule has 0 aliphatic heterocycles. The molecule has 0 saturated heterocycles. The highest BCUT2D eigenvalue weighted by Crippen LogP contribution is 2.18. The molecule has 0 fully saturated rings. The van der Waals surface area contributed by atoms with Gasteiger partial charge in [-0.1, -0.05) is 6.07 Å². The van der Waals surface area contributed by atoms with Crippen molar-refractivity contribution < 1.29 is 14.3 Å². The first-order valence-electron chi connectivity index (χ1n) is 3.82. The maximum Gasteiger partial charge on any atom is 0.308 e. The van der Waals surface area contributed by atoms with Crippen LogP contribution in [0.15, 0.2) is 18.2 Å². The lowest BCUT2D eigenvalue weighted by Gasteiger charge is -2.07. The van der Waals surface area contributed by atoms with E-state index in [9.17, 15) is 9.18 Å². The lowest BCUT2D eigenvalue weighted by atomic mass is 10.1. The lowest BCUT2D eigenvalue weighted by molar-refractivity contribution is -0.136. The summed E-state index contributed by atoms with van der Waals surface area (Å²) in [6.45, 7) is 0. The van der Waals surface area contributed by atoms with Gasteiger partial charge in [-0.3, -0.25) is 4.79 Å². The number of benzene rings is 1. The van der Waals surface area contributed by atoms with E-state index in [1.54, 1.807) is 13.1 Å². The second-order valence-corrected chi connectivity index (χ2v) is 2.59. The fraction of sp³-hybridized carbons (Fsp3) is 0.222. The molecule has 1 aromatic rings. The molecule has 1 rings (SSSR count). The average molecular weight is 183 g/mol. The van der Waals surface area contributed by atoms with E-state index in [1.807, 2.05) is 0 Å². The van der Waals surface area contributed by atoms with E-state index < -0.39 is 11.8 Å². The number of halogens is 1. The molecule has 3 nitrogen and oxygen atoms in total. The smallest absolute Gasteiger partial charge is 0.308 e. The third kappa shape index (κ3) is 2.18. The van der Waals surface area contributed by atoms with Gasteiger partial charge in [-0.05, 0) is 12.1 Å². The molecule has 0 spiro atoms. The quantitative estimate of drug-likeness (QED) is 0.746. The molecule has 0 bridgehead atoms. The van der Waals surface area contributed by atoms with Crippen molar-refractivity contribution in [1.82, 2.24) is 0 Å². The third-order valence-electron chi connectivity index (χ3n) is 1.72. The van der Waals surface area contributed by atoms with Gasteiger partial charge in [0.15, 0.2) is 0 Å². The summed E-state index contributed by atoms with van der Waals surface area (Å²) in [6, 6.07) is 4.42. The van der Waals surface area contributed by atoms with E-state index in [2.05, 4.69) is 5.32 Å². The van der Waals surface area contributed by atoms with Crippen molar-refractivity contribution in [2.45, 2.75) is 6.42 Å². The second kappa shape index (κ2) is 3.89. The number of carbonyl (C=O) groups is 1. The topological polar surface area (TPSA) is 49.3 Å². The van der Waals surface area contributed by atoms with Crippen molar-refractivity contribution in [2.24, 2.45) is 0 Å². The molecule has 0 atom stereocenters. The first kappa shape index (κ1) is 9.51. The van der Waals surface area contributed by atoms with Crippen LogP contribution < -0.4 is 5.32 Å². The summed E-state index contributed by atoms with van der Waals surface area (Å²) in [4.78, 5) is 10.4. The Labute approximate surface area is 75.2 Å². The highest BCUT2D eigenvalue weighted by molar-refractivity contribution is 5.73. The predicted octanol–water partition coefficient (Wildman–Crippen LogP) is 1.49. The minimum absolute atomic E-state index is 0.192. The van der Waals surface area contributed by atoms with Crippen molar-refractivity contribution in [3.05, 3.63) is 29.6 Å². The largest absolute Gasteiger partial charge is 0.481 e. The minimum Gasteiger partial charge on any atom is -0.481 e. The zero-order valence-electron chi connectivity index (χ0n) is 7.17. The Kier molecular flexibility index (Phi) is 2.84. The SMILES string of the molecule is CNc1cccc(F)c1CC(=O)O. The summed E-state index contributed by atoms with van der Waals surface area (Å²) in [5.74, 6) is -1.53. The molecule has 13 heavy (non-hydrogen) atoms. The van der Waals surface area contributed by atoms with Crippen LogP contribution >= 0.6 is 0 Å². The van der Waals surface area contributed by atoms with Crippen LogP contribution in [0.4, 0.5) is 10.1 Å². The molecule has 0 aliphatic rings. The second-order valence-electron chi connectivity index (χ2n) is 2.59.